The summed E-state index contributed by atoms with van der Waals surface area (Å²) in [4.78, 5) is 0. The molecule has 0 amide bonds. The molecule has 1 aliphatic carbocycles. The maximum atomic E-state index is 9.17. The Bertz CT molecular complexity index is 515. The average molecular weight is 227 g/mol. The number of nitriles is 1. The molecule has 1 heteroatoms. The maximum absolute atomic E-state index is 9.17. The minimum absolute atomic E-state index is 0.151. The Labute approximate surface area is 104 Å². The summed E-state index contributed by atoms with van der Waals surface area (Å²) >= 11 is 0. The summed E-state index contributed by atoms with van der Waals surface area (Å²) in [5.74, 6) is 0.582. The van der Waals surface area contributed by atoms with Gasteiger partial charge in [0.1, 0.15) is 0 Å². The zero-order chi connectivity index (χ0) is 13.0. The highest BCUT2D eigenvalue weighted by Crippen LogP contribution is 2.53. The van der Waals surface area contributed by atoms with Gasteiger partial charge < -0.3 is 0 Å². The first-order valence-electron chi connectivity index (χ1n) is 6.28. The third-order valence-corrected chi connectivity index (χ3v) is 5.04. The van der Waals surface area contributed by atoms with Crippen molar-refractivity contribution in [1.82, 2.24) is 0 Å². The summed E-state index contributed by atoms with van der Waals surface area (Å²) in [6.45, 7) is 13.6. The van der Waals surface area contributed by atoms with E-state index in [1.54, 1.807) is 0 Å². The second-order valence-corrected chi connectivity index (χ2v) is 6.49. The van der Waals surface area contributed by atoms with Crippen LogP contribution in [-0.2, 0) is 10.8 Å². The van der Waals surface area contributed by atoms with Gasteiger partial charge in [0.15, 0.2) is 0 Å². The summed E-state index contributed by atoms with van der Waals surface area (Å²) in [5, 5.41) is 9.17. The van der Waals surface area contributed by atoms with Gasteiger partial charge in [-0.15, -0.1) is 0 Å². The number of hydrogen-bond donors (Lipinski definition) is 0. The number of nitrogens with zero attached hydrogens (tertiary/aromatic N) is 1. The standard InChI is InChI=1S/C16H21N/c1-10-7-13-14(8-12(10)9-17)16(5,6)11(2)15(13,3)4/h7-8,11H,1-6H3. The number of aryl methyl sites for hydroxylation is 1. The normalized spacial score (nSPS) is 24.2. The molecule has 0 saturated heterocycles. The summed E-state index contributed by atoms with van der Waals surface area (Å²) in [7, 11) is 0. The van der Waals surface area contributed by atoms with Gasteiger partial charge in [-0.05, 0) is 46.4 Å². The highest BCUT2D eigenvalue weighted by Gasteiger charge is 2.48. The molecule has 0 aliphatic heterocycles. The summed E-state index contributed by atoms with van der Waals surface area (Å²) in [6, 6.07) is 6.63. The Balaban J connectivity index is 2.78. The van der Waals surface area contributed by atoms with E-state index in [1.807, 2.05) is 6.92 Å². The monoisotopic (exact) mass is 227 g/mol. The lowest BCUT2D eigenvalue weighted by Crippen LogP contribution is -2.30. The van der Waals surface area contributed by atoms with Crippen LogP contribution in [0.25, 0.3) is 0 Å². The van der Waals surface area contributed by atoms with Crippen molar-refractivity contribution in [3.63, 3.8) is 0 Å². The van der Waals surface area contributed by atoms with Crippen molar-refractivity contribution in [3.8, 4) is 6.07 Å². The third kappa shape index (κ3) is 1.43. The number of hydrogen-bond acceptors (Lipinski definition) is 1. The fourth-order valence-corrected chi connectivity index (χ4v) is 3.26. The molecule has 1 nitrogen and oxygen atoms in total. The van der Waals surface area contributed by atoms with E-state index in [9.17, 15) is 0 Å². The van der Waals surface area contributed by atoms with Gasteiger partial charge in [-0.3, -0.25) is 0 Å². The van der Waals surface area contributed by atoms with Gasteiger partial charge in [-0.25, -0.2) is 0 Å². The molecule has 0 heterocycles. The Morgan fingerprint density at radius 3 is 2.00 bits per heavy atom. The van der Waals surface area contributed by atoms with Crippen molar-refractivity contribution >= 4 is 0 Å². The molecule has 1 atom stereocenters. The first kappa shape index (κ1) is 12.2. The highest BCUT2D eigenvalue weighted by atomic mass is 14.5. The lowest BCUT2D eigenvalue weighted by atomic mass is 9.71. The molecule has 0 N–H and O–H groups in total. The van der Waals surface area contributed by atoms with E-state index in [4.69, 9.17) is 5.26 Å². The molecule has 17 heavy (non-hydrogen) atoms. The van der Waals surface area contributed by atoms with Crippen molar-refractivity contribution in [2.45, 2.75) is 52.4 Å². The van der Waals surface area contributed by atoms with Crippen LogP contribution in [-0.4, -0.2) is 0 Å². The third-order valence-electron chi connectivity index (χ3n) is 5.04. The zero-order valence-electron chi connectivity index (χ0n) is 11.7. The minimum atomic E-state index is 0.151. The van der Waals surface area contributed by atoms with Crippen molar-refractivity contribution in [2.24, 2.45) is 5.92 Å². The zero-order valence-corrected chi connectivity index (χ0v) is 11.7. The van der Waals surface area contributed by atoms with Crippen LogP contribution in [0.15, 0.2) is 12.1 Å². The number of benzene rings is 1. The molecule has 2 rings (SSSR count). The number of rotatable bonds is 0. The van der Waals surface area contributed by atoms with E-state index in [0.29, 0.717) is 5.92 Å². The van der Waals surface area contributed by atoms with Crippen LogP contribution < -0.4 is 0 Å². The van der Waals surface area contributed by atoms with Crippen molar-refractivity contribution in [2.75, 3.05) is 0 Å². The topological polar surface area (TPSA) is 23.8 Å². The SMILES string of the molecule is Cc1cc2c(cc1C#N)C(C)(C)C(C)C2(C)C. The van der Waals surface area contributed by atoms with Gasteiger partial charge in [0.05, 0.1) is 11.6 Å². The van der Waals surface area contributed by atoms with Crippen molar-refractivity contribution < 1.29 is 0 Å². The molecule has 0 radical (unpaired) electrons. The van der Waals surface area contributed by atoms with Crippen LogP contribution in [0.3, 0.4) is 0 Å². The lowest BCUT2D eigenvalue weighted by Gasteiger charge is -2.32. The second kappa shape index (κ2) is 3.35. The van der Waals surface area contributed by atoms with E-state index in [2.05, 4.69) is 52.8 Å². The van der Waals surface area contributed by atoms with Crippen molar-refractivity contribution in [1.29, 1.82) is 5.26 Å². The Morgan fingerprint density at radius 2 is 1.53 bits per heavy atom. The quantitative estimate of drug-likeness (QED) is 0.655. The summed E-state index contributed by atoms with van der Waals surface area (Å²) < 4.78 is 0. The van der Waals surface area contributed by atoms with Crippen LogP contribution in [0, 0.1) is 24.2 Å². The molecule has 1 unspecified atom stereocenters. The van der Waals surface area contributed by atoms with Gasteiger partial charge >= 0.3 is 0 Å². The van der Waals surface area contributed by atoms with Gasteiger partial charge in [0, 0.05) is 0 Å². The fraction of sp³-hybridized carbons (Fsp3) is 0.562. The molecule has 0 fully saturated rings. The molecule has 0 bridgehead atoms. The summed E-state index contributed by atoms with van der Waals surface area (Å²) in [6.07, 6.45) is 0. The Kier molecular flexibility index (Phi) is 2.40. The smallest absolute Gasteiger partial charge is 0.0994 e. The maximum Gasteiger partial charge on any atom is 0.0994 e. The lowest BCUT2D eigenvalue weighted by molar-refractivity contribution is 0.264. The molecular formula is C16H21N. The highest BCUT2D eigenvalue weighted by molar-refractivity contribution is 5.53. The van der Waals surface area contributed by atoms with Gasteiger partial charge in [0.2, 0.25) is 0 Å². The minimum Gasteiger partial charge on any atom is -0.192 e. The predicted octanol–water partition coefficient (Wildman–Crippen LogP) is 4.07. The van der Waals surface area contributed by atoms with Gasteiger partial charge in [-0.1, -0.05) is 40.7 Å². The average Bonchev–Trinajstić information content (AvgIpc) is 2.38. The Morgan fingerprint density at radius 1 is 1.06 bits per heavy atom. The molecular weight excluding hydrogens is 206 g/mol. The van der Waals surface area contributed by atoms with Crippen LogP contribution >= 0.6 is 0 Å². The van der Waals surface area contributed by atoms with E-state index in [-0.39, 0.29) is 10.8 Å². The summed E-state index contributed by atoms with van der Waals surface area (Å²) in [5.41, 5.74) is 5.05. The van der Waals surface area contributed by atoms with Crippen LogP contribution in [0.5, 0.6) is 0 Å². The molecule has 0 aromatic heterocycles. The van der Waals surface area contributed by atoms with Gasteiger partial charge in [-0.2, -0.15) is 5.26 Å². The molecule has 1 aromatic carbocycles. The van der Waals surface area contributed by atoms with Crippen LogP contribution in [0.1, 0.15) is 56.9 Å². The van der Waals surface area contributed by atoms with E-state index in [0.717, 1.165) is 11.1 Å². The van der Waals surface area contributed by atoms with Crippen LogP contribution in [0.2, 0.25) is 0 Å². The molecule has 0 saturated carbocycles. The predicted molar refractivity (Wildman–Crippen MR) is 71.1 cm³/mol. The van der Waals surface area contributed by atoms with Gasteiger partial charge in [0.25, 0.3) is 0 Å². The van der Waals surface area contributed by atoms with E-state index < -0.39 is 0 Å². The molecule has 0 spiro atoms. The molecule has 90 valence electrons. The van der Waals surface area contributed by atoms with E-state index >= 15 is 0 Å². The number of fused-ring (bicyclic) bond motifs is 1. The second-order valence-electron chi connectivity index (χ2n) is 6.49. The fourth-order valence-electron chi connectivity index (χ4n) is 3.26. The van der Waals surface area contributed by atoms with E-state index in [1.165, 1.54) is 11.1 Å². The first-order chi connectivity index (χ1) is 7.72. The Hall–Kier alpha value is -1.29. The molecule has 1 aliphatic rings. The van der Waals surface area contributed by atoms with Crippen LogP contribution in [0.4, 0.5) is 0 Å². The first-order valence-corrected chi connectivity index (χ1v) is 6.28. The molecule has 1 aromatic rings. The largest absolute Gasteiger partial charge is 0.192 e. The van der Waals surface area contributed by atoms with Crippen molar-refractivity contribution in [3.05, 3.63) is 34.4 Å².